The van der Waals surface area contributed by atoms with E-state index in [1.807, 2.05) is 30.3 Å². The molecule has 0 aliphatic rings. The molecule has 1 aromatic heterocycles. The van der Waals surface area contributed by atoms with Gasteiger partial charge in [0.2, 0.25) is 0 Å². The third kappa shape index (κ3) is 4.32. The number of ether oxygens (including phenoxy) is 3. The summed E-state index contributed by atoms with van der Waals surface area (Å²) in [7, 11) is 4.72. The molecule has 0 aliphatic carbocycles. The molecule has 0 spiro atoms. The Kier molecular flexibility index (Phi) is 5.96. The lowest BCUT2D eigenvalue weighted by Gasteiger charge is -2.12. The monoisotopic (exact) mass is 379 g/mol. The Balaban J connectivity index is 1.70. The molecule has 28 heavy (non-hydrogen) atoms. The normalized spacial score (nSPS) is 10.1. The first kappa shape index (κ1) is 19.0. The van der Waals surface area contributed by atoms with Crippen molar-refractivity contribution >= 4 is 23.0 Å². The van der Waals surface area contributed by atoms with Crippen LogP contribution in [0.25, 0.3) is 0 Å². The number of rotatable bonds is 7. The molecule has 0 radical (unpaired) electrons. The molecule has 2 aromatic carbocycles. The van der Waals surface area contributed by atoms with Crippen molar-refractivity contribution in [2.24, 2.45) is 0 Å². The summed E-state index contributed by atoms with van der Waals surface area (Å²) in [5.74, 6) is 1.53. The van der Waals surface area contributed by atoms with Crippen molar-refractivity contribution in [3.8, 4) is 17.2 Å². The molecule has 7 nitrogen and oxygen atoms in total. The van der Waals surface area contributed by atoms with Crippen molar-refractivity contribution in [2.45, 2.75) is 0 Å². The van der Waals surface area contributed by atoms with Gasteiger partial charge in [-0.1, -0.05) is 12.1 Å². The minimum Gasteiger partial charge on any atom is -0.495 e. The Hall–Kier alpha value is -3.74. The number of para-hydroxylation sites is 2. The number of benzene rings is 2. The Morgan fingerprint density at radius 1 is 0.821 bits per heavy atom. The van der Waals surface area contributed by atoms with Crippen molar-refractivity contribution < 1.29 is 19.0 Å². The number of anilines is 3. The van der Waals surface area contributed by atoms with E-state index in [-0.39, 0.29) is 5.91 Å². The molecule has 1 amide bonds. The highest BCUT2D eigenvalue weighted by Crippen LogP contribution is 2.31. The van der Waals surface area contributed by atoms with Crippen LogP contribution in [0.15, 0.2) is 60.8 Å². The summed E-state index contributed by atoms with van der Waals surface area (Å²) in [5.41, 5.74) is 2.43. The topological polar surface area (TPSA) is 81.7 Å². The predicted molar refractivity (Wildman–Crippen MR) is 108 cm³/mol. The summed E-state index contributed by atoms with van der Waals surface area (Å²) in [6, 6.07) is 16.1. The lowest BCUT2D eigenvalue weighted by molar-refractivity contribution is 0.102. The fourth-order valence-electron chi connectivity index (χ4n) is 2.62. The van der Waals surface area contributed by atoms with Gasteiger partial charge in [-0.25, -0.2) is 4.98 Å². The molecule has 0 saturated heterocycles. The van der Waals surface area contributed by atoms with Gasteiger partial charge < -0.3 is 24.8 Å². The zero-order chi connectivity index (χ0) is 19.9. The standard InChI is InChI=1S/C21H21N3O4/c1-26-18-7-5-4-6-16(18)24-21(25)17-10-8-15(13-22-17)23-14-9-11-19(27-2)20(12-14)28-3/h4-13,23H,1-3H3,(H,24,25). The number of aromatic nitrogens is 1. The van der Waals surface area contributed by atoms with Gasteiger partial charge in [0.25, 0.3) is 5.91 Å². The van der Waals surface area contributed by atoms with E-state index in [1.54, 1.807) is 51.8 Å². The van der Waals surface area contributed by atoms with Crippen LogP contribution in [0.1, 0.15) is 10.5 Å². The summed E-state index contributed by atoms with van der Waals surface area (Å²) >= 11 is 0. The Morgan fingerprint density at radius 3 is 2.21 bits per heavy atom. The van der Waals surface area contributed by atoms with Gasteiger partial charge in [0.15, 0.2) is 11.5 Å². The highest BCUT2D eigenvalue weighted by atomic mass is 16.5. The maximum atomic E-state index is 12.4. The van der Waals surface area contributed by atoms with Gasteiger partial charge in [0, 0.05) is 11.8 Å². The molecule has 2 N–H and O–H groups in total. The van der Waals surface area contributed by atoms with Gasteiger partial charge >= 0.3 is 0 Å². The zero-order valence-corrected chi connectivity index (χ0v) is 15.9. The smallest absolute Gasteiger partial charge is 0.274 e. The van der Waals surface area contributed by atoms with E-state index in [9.17, 15) is 4.79 Å². The summed E-state index contributed by atoms with van der Waals surface area (Å²) < 4.78 is 15.8. The lowest BCUT2D eigenvalue weighted by Crippen LogP contribution is -2.14. The third-order valence-corrected chi connectivity index (χ3v) is 4.02. The fourth-order valence-corrected chi connectivity index (χ4v) is 2.62. The van der Waals surface area contributed by atoms with Crippen LogP contribution in [0, 0.1) is 0 Å². The molecule has 3 aromatic rings. The van der Waals surface area contributed by atoms with Crippen LogP contribution in [0.4, 0.5) is 17.1 Å². The number of hydrogen-bond donors (Lipinski definition) is 2. The number of carbonyl (C=O) groups excluding carboxylic acids is 1. The maximum absolute atomic E-state index is 12.4. The van der Waals surface area contributed by atoms with E-state index in [1.165, 1.54) is 0 Å². The maximum Gasteiger partial charge on any atom is 0.274 e. The second kappa shape index (κ2) is 8.77. The predicted octanol–water partition coefficient (Wildman–Crippen LogP) is 4.10. The molecular formula is C21H21N3O4. The summed E-state index contributed by atoms with van der Waals surface area (Å²) in [6.07, 6.45) is 1.59. The highest BCUT2D eigenvalue weighted by Gasteiger charge is 2.11. The number of nitrogens with one attached hydrogen (secondary N) is 2. The molecule has 7 heteroatoms. The Bertz CT molecular complexity index is 958. The van der Waals surface area contributed by atoms with Gasteiger partial charge in [-0.15, -0.1) is 0 Å². The van der Waals surface area contributed by atoms with E-state index in [2.05, 4.69) is 15.6 Å². The van der Waals surface area contributed by atoms with Crippen LogP contribution in [0.5, 0.6) is 17.2 Å². The number of nitrogens with zero attached hydrogens (tertiary/aromatic N) is 1. The van der Waals surface area contributed by atoms with Gasteiger partial charge in [0.1, 0.15) is 11.4 Å². The van der Waals surface area contributed by atoms with E-state index < -0.39 is 0 Å². The summed E-state index contributed by atoms with van der Waals surface area (Å²) in [6.45, 7) is 0. The van der Waals surface area contributed by atoms with Crippen molar-refractivity contribution in [1.82, 2.24) is 4.98 Å². The summed E-state index contributed by atoms with van der Waals surface area (Å²) in [4.78, 5) is 16.7. The van der Waals surface area contributed by atoms with Gasteiger partial charge in [-0.2, -0.15) is 0 Å². The van der Waals surface area contributed by atoms with Crippen LogP contribution in [-0.4, -0.2) is 32.2 Å². The van der Waals surface area contributed by atoms with E-state index >= 15 is 0 Å². The lowest BCUT2D eigenvalue weighted by atomic mass is 10.2. The Labute approximate surface area is 163 Å². The molecule has 0 fully saturated rings. The average Bonchev–Trinajstić information content (AvgIpc) is 2.74. The van der Waals surface area contributed by atoms with Crippen LogP contribution in [0.2, 0.25) is 0 Å². The van der Waals surface area contributed by atoms with Crippen molar-refractivity contribution in [3.63, 3.8) is 0 Å². The number of hydrogen-bond acceptors (Lipinski definition) is 6. The van der Waals surface area contributed by atoms with Crippen LogP contribution in [-0.2, 0) is 0 Å². The minimum atomic E-state index is -0.317. The number of carbonyl (C=O) groups is 1. The molecular weight excluding hydrogens is 358 g/mol. The van der Waals surface area contributed by atoms with Crippen LogP contribution in [0.3, 0.4) is 0 Å². The number of methoxy groups -OCH3 is 3. The van der Waals surface area contributed by atoms with Crippen LogP contribution >= 0.6 is 0 Å². The number of pyridine rings is 1. The average molecular weight is 379 g/mol. The van der Waals surface area contributed by atoms with Gasteiger partial charge in [-0.05, 0) is 36.4 Å². The second-order valence-corrected chi connectivity index (χ2v) is 5.78. The third-order valence-electron chi connectivity index (χ3n) is 4.02. The Morgan fingerprint density at radius 2 is 1.54 bits per heavy atom. The van der Waals surface area contributed by atoms with Crippen molar-refractivity contribution in [2.75, 3.05) is 32.0 Å². The van der Waals surface area contributed by atoms with E-state index in [0.717, 1.165) is 11.4 Å². The molecule has 144 valence electrons. The molecule has 0 atom stereocenters. The first-order chi connectivity index (χ1) is 13.6. The van der Waals surface area contributed by atoms with E-state index in [0.29, 0.717) is 28.6 Å². The molecule has 3 rings (SSSR count). The van der Waals surface area contributed by atoms with Gasteiger partial charge in [-0.3, -0.25) is 4.79 Å². The highest BCUT2D eigenvalue weighted by molar-refractivity contribution is 6.03. The minimum absolute atomic E-state index is 0.295. The van der Waals surface area contributed by atoms with Gasteiger partial charge in [0.05, 0.1) is 38.9 Å². The first-order valence-corrected chi connectivity index (χ1v) is 8.54. The molecule has 0 saturated carbocycles. The molecule has 1 heterocycles. The van der Waals surface area contributed by atoms with Crippen molar-refractivity contribution in [1.29, 1.82) is 0 Å². The van der Waals surface area contributed by atoms with Crippen LogP contribution < -0.4 is 24.8 Å². The fraction of sp³-hybridized carbons (Fsp3) is 0.143. The zero-order valence-electron chi connectivity index (χ0n) is 15.9. The quantitative estimate of drug-likeness (QED) is 0.643. The SMILES string of the molecule is COc1ccccc1NC(=O)c1ccc(Nc2ccc(OC)c(OC)c2)cn1. The molecule has 0 aliphatic heterocycles. The largest absolute Gasteiger partial charge is 0.495 e. The van der Waals surface area contributed by atoms with Crippen molar-refractivity contribution in [3.05, 3.63) is 66.5 Å². The number of amides is 1. The summed E-state index contributed by atoms with van der Waals surface area (Å²) in [5, 5.41) is 6.01. The first-order valence-electron chi connectivity index (χ1n) is 8.54. The molecule has 0 bridgehead atoms. The second-order valence-electron chi connectivity index (χ2n) is 5.78. The molecule has 0 unspecified atom stereocenters. The van der Waals surface area contributed by atoms with E-state index in [4.69, 9.17) is 14.2 Å².